The lowest BCUT2D eigenvalue weighted by Gasteiger charge is -1.78. The molecule has 0 aliphatic carbocycles. The van der Waals surface area contributed by atoms with Gasteiger partial charge in [-0.25, -0.2) is 27.4 Å². The van der Waals surface area contributed by atoms with Crippen molar-refractivity contribution in [3.63, 3.8) is 0 Å². The van der Waals surface area contributed by atoms with Crippen molar-refractivity contribution >= 4 is 47.4 Å². The van der Waals surface area contributed by atoms with Gasteiger partial charge in [0.2, 0.25) is 0 Å². The molecule has 0 saturated heterocycles. The standard InChI is InChI=1S/6FH2O3P.H2O/c6*1-5(2,3)4;/h6*(H2,2,3,4);1H2. The fourth-order valence-electron chi connectivity index (χ4n) is 0. The highest BCUT2D eigenvalue weighted by Crippen LogP contribution is 2.36. The van der Waals surface area contributed by atoms with E-state index in [2.05, 4.69) is 0 Å². The van der Waals surface area contributed by atoms with Crippen molar-refractivity contribution in [2.45, 2.75) is 0 Å². The van der Waals surface area contributed by atoms with Crippen molar-refractivity contribution in [1.82, 2.24) is 0 Å². The molecule has 0 fully saturated rings. The lowest BCUT2D eigenvalue weighted by Crippen LogP contribution is -1.56. The van der Waals surface area contributed by atoms with E-state index in [-0.39, 0.29) is 5.48 Å². The Morgan fingerprint density at radius 1 is 0.290 bits per heavy atom. The Labute approximate surface area is 165 Å². The highest BCUT2D eigenvalue weighted by atomic mass is 31.2. The van der Waals surface area contributed by atoms with E-state index in [9.17, 15) is 25.2 Å². The minimum atomic E-state index is -5.14. The van der Waals surface area contributed by atoms with Crippen molar-refractivity contribution in [3.05, 3.63) is 0 Å². The third-order valence-electron chi connectivity index (χ3n) is 0. The van der Waals surface area contributed by atoms with Gasteiger partial charge < -0.3 is 5.48 Å². The quantitative estimate of drug-likeness (QED) is 0.120. The monoisotopic (exact) mass is 618 g/mol. The van der Waals surface area contributed by atoms with Gasteiger partial charge in [-0.2, -0.15) is 0 Å². The molecule has 0 unspecified atom stereocenters. The fraction of sp³-hybridized carbons (Fsp3) is 0. The van der Waals surface area contributed by atoms with E-state index in [1.54, 1.807) is 0 Å². The third-order valence-corrected chi connectivity index (χ3v) is 0. The fourth-order valence-corrected chi connectivity index (χ4v) is 0. The van der Waals surface area contributed by atoms with Crippen molar-refractivity contribution < 1.29 is 117 Å². The molecule has 31 heavy (non-hydrogen) atoms. The van der Waals surface area contributed by atoms with E-state index < -0.39 is 47.4 Å². The van der Waals surface area contributed by atoms with Crippen LogP contribution < -0.4 is 0 Å². The molecule has 0 spiro atoms. The predicted octanol–water partition coefficient (Wildman–Crippen LogP) is -0.533. The van der Waals surface area contributed by atoms with Crippen LogP contribution >= 0.6 is 47.4 Å². The molecule has 200 valence electrons. The summed E-state index contributed by atoms with van der Waals surface area (Å²) in [6, 6.07) is 0. The summed E-state index contributed by atoms with van der Waals surface area (Å²) in [5.74, 6) is 0. The smallest absolute Gasteiger partial charge is 0.412 e. The summed E-state index contributed by atoms with van der Waals surface area (Å²) >= 11 is 0. The maximum Gasteiger partial charge on any atom is 0.507 e. The normalized spacial score (nSPS) is 11.4. The highest BCUT2D eigenvalue weighted by molar-refractivity contribution is 7.46. The largest absolute Gasteiger partial charge is 0.507 e. The molecule has 0 aromatic rings. The minimum Gasteiger partial charge on any atom is -0.412 e. The lowest BCUT2D eigenvalue weighted by atomic mass is 15.8. The topological polar surface area (TPSA) is 377 Å². The number of rotatable bonds is 0. The Balaban J connectivity index is -0.0000000443. The number of halogens is 6. The second kappa shape index (κ2) is 19.9. The summed E-state index contributed by atoms with van der Waals surface area (Å²) in [4.78, 5) is 83.6. The summed E-state index contributed by atoms with van der Waals surface area (Å²) in [5, 5.41) is 0. The Hall–Kier alpha value is 0.440. The third kappa shape index (κ3) is 127000. The molecule has 19 nitrogen and oxygen atoms in total. The lowest BCUT2D eigenvalue weighted by molar-refractivity contribution is 0.320. The highest BCUT2D eigenvalue weighted by Gasteiger charge is 2.06. The van der Waals surface area contributed by atoms with E-state index in [1.165, 1.54) is 0 Å². The van der Waals surface area contributed by atoms with Crippen LogP contribution in [-0.4, -0.2) is 64.2 Å². The molecule has 0 aliphatic heterocycles. The Kier molecular flexibility index (Phi) is 31.3. The zero-order valence-electron chi connectivity index (χ0n) is 13.3. The molecule has 0 saturated carbocycles. The first-order chi connectivity index (χ1) is 12.0. The molecule has 0 aromatic heterocycles. The van der Waals surface area contributed by atoms with Gasteiger partial charge in [0.15, 0.2) is 0 Å². The number of hydrogen-bond acceptors (Lipinski definition) is 6. The van der Waals surface area contributed by atoms with E-state index >= 15 is 0 Å². The predicted molar refractivity (Wildman–Crippen MR) is 82.5 cm³/mol. The molecule has 0 radical (unpaired) electrons. The van der Waals surface area contributed by atoms with Crippen LogP contribution in [-0.2, 0) is 27.4 Å². The second-order valence-corrected chi connectivity index (χ2v) is 8.51. The Morgan fingerprint density at radius 3 is 0.290 bits per heavy atom. The first kappa shape index (κ1) is 48.8. The average molecular weight is 618 g/mol. The van der Waals surface area contributed by atoms with E-state index in [4.69, 9.17) is 86.1 Å². The molecule has 31 heteroatoms. The molecule has 0 rings (SSSR count). The van der Waals surface area contributed by atoms with Crippen molar-refractivity contribution in [2.75, 3.05) is 0 Å². The molecular weight excluding hydrogens is 604 g/mol. The molecule has 14 N–H and O–H groups in total. The molecule has 0 aromatic carbocycles. The molecule has 0 amide bonds. The molecule has 0 bridgehead atoms. The molecule has 0 aliphatic rings. The zero-order chi connectivity index (χ0) is 27.0. The van der Waals surface area contributed by atoms with E-state index in [1.807, 2.05) is 0 Å². The van der Waals surface area contributed by atoms with E-state index in [0.717, 1.165) is 0 Å². The Morgan fingerprint density at radius 2 is 0.290 bits per heavy atom. The first-order valence-electron chi connectivity index (χ1n) is 4.51. The van der Waals surface area contributed by atoms with Gasteiger partial charge in [0.1, 0.15) is 0 Å². The summed E-state index contributed by atoms with van der Waals surface area (Å²) < 4.78 is 114. The van der Waals surface area contributed by atoms with Gasteiger partial charge in [0.25, 0.3) is 0 Å². The van der Waals surface area contributed by atoms with Crippen LogP contribution in [0.3, 0.4) is 0 Å². The van der Waals surface area contributed by atoms with Crippen LogP contribution in [0.15, 0.2) is 0 Å². The van der Waals surface area contributed by atoms with Crippen LogP contribution in [0.4, 0.5) is 25.2 Å². The maximum atomic E-state index is 10.4. The summed E-state index contributed by atoms with van der Waals surface area (Å²) in [6.45, 7) is 0. The average Bonchev–Trinajstić information content (AvgIpc) is 1.94. The zero-order valence-corrected chi connectivity index (χ0v) is 18.6. The van der Waals surface area contributed by atoms with Crippen molar-refractivity contribution in [3.8, 4) is 0 Å². The van der Waals surface area contributed by atoms with Crippen LogP contribution in [0.2, 0.25) is 0 Å². The van der Waals surface area contributed by atoms with Gasteiger partial charge in [-0.05, 0) is 0 Å². The van der Waals surface area contributed by atoms with E-state index in [0.29, 0.717) is 0 Å². The molecule has 0 heterocycles. The number of hydrogen-bond donors (Lipinski definition) is 12. The van der Waals surface area contributed by atoms with Gasteiger partial charge in [-0.15, -0.1) is 25.2 Å². The minimum absolute atomic E-state index is 0. The first-order valence-corrected chi connectivity index (χ1v) is 13.5. The SMILES string of the molecule is O.O=P(O)(O)F.O=P(O)(O)F.O=P(O)(O)F.O=P(O)(O)F.O=P(O)(O)F.O=P(O)(O)F. The second-order valence-electron chi connectivity index (χ2n) is 2.84. The van der Waals surface area contributed by atoms with Crippen LogP contribution in [0.25, 0.3) is 0 Å². The van der Waals surface area contributed by atoms with Gasteiger partial charge in [-0.3, -0.25) is 58.7 Å². The van der Waals surface area contributed by atoms with Crippen molar-refractivity contribution in [1.29, 1.82) is 0 Å². The van der Waals surface area contributed by atoms with Gasteiger partial charge in [-0.1, -0.05) is 0 Å². The van der Waals surface area contributed by atoms with Crippen LogP contribution in [0.1, 0.15) is 0 Å². The van der Waals surface area contributed by atoms with Gasteiger partial charge >= 0.3 is 47.4 Å². The Bertz CT molecular complexity index is 474. The van der Waals surface area contributed by atoms with Gasteiger partial charge in [0, 0.05) is 0 Å². The van der Waals surface area contributed by atoms with Crippen molar-refractivity contribution in [2.24, 2.45) is 0 Å². The van der Waals surface area contributed by atoms with Crippen LogP contribution in [0, 0.1) is 0 Å². The van der Waals surface area contributed by atoms with Crippen LogP contribution in [0.5, 0.6) is 0 Å². The maximum absolute atomic E-state index is 10.4. The molecular formula is H14F6O19P6. The summed E-state index contributed by atoms with van der Waals surface area (Å²) in [7, 11) is -30.8. The molecule has 0 atom stereocenters. The summed E-state index contributed by atoms with van der Waals surface area (Å²) in [6.07, 6.45) is 0. The summed E-state index contributed by atoms with van der Waals surface area (Å²) in [5.41, 5.74) is 0. The van der Waals surface area contributed by atoms with Gasteiger partial charge in [0.05, 0.1) is 0 Å².